The van der Waals surface area contributed by atoms with E-state index in [-0.39, 0.29) is 5.91 Å². The Morgan fingerprint density at radius 2 is 2.04 bits per heavy atom. The van der Waals surface area contributed by atoms with Crippen LogP contribution in [-0.4, -0.2) is 22.2 Å². The molecule has 3 aromatic rings. The van der Waals surface area contributed by atoms with Gasteiger partial charge in [-0.25, -0.2) is 4.68 Å². The summed E-state index contributed by atoms with van der Waals surface area (Å²) in [5, 5.41) is 7.28. The zero-order valence-corrected chi connectivity index (χ0v) is 14.9. The molecule has 0 atom stereocenters. The van der Waals surface area contributed by atoms with Gasteiger partial charge < -0.3 is 5.32 Å². The van der Waals surface area contributed by atoms with Crippen molar-refractivity contribution < 1.29 is 4.79 Å². The van der Waals surface area contributed by atoms with Crippen LogP contribution in [0, 0.1) is 0 Å². The van der Waals surface area contributed by atoms with Crippen LogP contribution < -0.4 is 5.32 Å². The molecule has 4 nitrogen and oxygen atoms in total. The van der Waals surface area contributed by atoms with Gasteiger partial charge in [0.1, 0.15) is 0 Å². The predicted molar refractivity (Wildman–Crippen MR) is 101 cm³/mol. The Kier molecular flexibility index (Phi) is 4.65. The number of carbonyl (C=O) groups is 1. The van der Waals surface area contributed by atoms with Gasteiger partial charge in [0.25, 0.3) is 5.91 Å². The molecule has 0 aliphatic heterocycles. The molecule has 1 aliphatic carbocycles. The SMILES string of the molecule is O=C(NCCc1ccc(-n2cccn2)cc1)c1cc2c(s1)CCCC2. The number of aromatic nitrogens is 2. The second-order valence-corrected chi connectivity index (χ2v) is 7.53. The second-order valence-electron chi connectivity index (χ2n) is 6.39. The fraction of sp³-hybridized carbons (Fsp3) is 0.300. The molecule has 0 saturated carbocycles. The maximum atomic E-state index is 12.3. The van der Waals surface area contributed by atoms with Gasteiger partial charge in [-0.2, -0.15) is 5.10 Å². The third-order valence-electron chi connectivity index (χ3n) is 4.62. The number of carbonyl (C=O) groups excluding carboxylic acids is 1. The van der Waals surface area contributed by atoms with E-state index in [9.17, 15) is 4.79 Å². The topological polar surface area (TPSA) is 46.9 Å². The van der Waals surface area contributed by atoms with Crippen molar-refractivity contribution in [3.8, 4) is 5.69 Å². The van der Waals surface area contributed by atoms with Crippen molar-refractivity contribution >= 4 is 17.2 Å². The van der Waals surface area contributed by atoms with Gasteiger partial charge in [-0.15, -0.1) is 11.3 Å². The van der Waals surface area contributed by atoms with Crippen molar-refractivity contribution in [3.05, 3.63) is 69.7 Å². The van der Waals surface area contributed by atoms with Crippen molar-refractivity contribution in [2.45, 2.75) is 32.1 Å². The van der Waals surface area contributed by atoms with E-state index in [1.807, 2.05) is 16.9 Å². The van der Waals surface area contributed by atoms with Gasteiger partial charge in [0.05, 0.1) is 10.6 Å². The van der Waals surface area contributed by atoms with Gasteiger partial charge in [0.15, 0.2) is 0 Å². The van der Waals surface area contributed by atoms with Crippen LogP contribution in [0.3, 0.4) is 0 Å². The highest BCUT2D eigenvalue weighted by atomic mass is 32.1. The van der Waals surface area contributed by atoms with E-state index < -0.39 is 0 Å². The van der Waals surface area contributed by atoms with Crippen molar-refractivity contribution in [3.63, 3.8) is 0 Å². The summed E-state index contributed by atoms with van der Waals surface area (Å²) < 4.78 is 1.84. The highest BCUT2D eigenvalue weighted by Crippen LogP contribution is 2.29. The first-order valence-electron chi connectivity index (χ1n) is 8.78. The zero-order chi connectivity index (χ0) is 17.1. The van der Waals surface area contributed by atoms with E-state index in [2.05, 4.69) is 40.7 Å². The maximum absolute atomic E-state index is 12.3. The molecule has 0 radical (unpaired) electrons. The number of hydrogen-bond acceptors (Lipinski definition) is 3. The smallest absolute Gasteiger partial charge is 0.261 e. The number of amides is 1. The lowest BCUT2D eigenvalue weighted by atomic mass is 9.99. The minimum atomic E-state index is 0.0626. The predicted octanol–water partition coefficient (Wildman–Crippen LogP) is 3.79. The molecule has 0 saturated heterocycles. The summed E-state index contributed by atoms with van der Waals surface area (Å²) in [6.07, 6.45) is 9.29. The molecule has 5 heteroatoms. The molecule has 0 fully saturated rings. The summed E-state index contributed by atoms with van der Waals surface area (Å²) in [4.78, 5) is 14.6. The van der Waals surface area contributed by atoms with Crippen LogP contribution in [0.1, 0.15) is 38.5 Å². The van der Waals surface area contributed by atoms with E-state index in [0.717, 1.165) is 29.8 Å². The van der Waals surface area contributed by atoms with Crippen LogP contribution in [0.5, 0.6) is 0 Å². The van der Waals surface area contributed by atoms with E-state index >= 15 is 0 Å². The largest absolute Gasteiger partial charge is 0.351 e. The molecular formula is C20H21N3OS. The van der Waals surface area contributed by atoms with E-state index in [0.29, 0.717) is 6.54 Å². The lowest BCUT2D eigenvalue weighted by Gasteiger charge is -2.08. The Labute approximate surface area is 151 Å². The molecular weight excluding hydrogens is 330 g/mol. The summed E-state index contributed by atoms with van der Waals surface area (Å²) in [7, 11) is 0. The molecule has 0 spiro atoms. The van der Waals surface area contributed by atoms with Crippen molar-refractivity contribution in [2.24, 2.45) is 0 Å². The minimum Gasteiger partial charge on any atom is -0.351 e. The molecule has 0 unspecified atom stereocenters. The fourth-order valence-corrected chi connectivity index (χ4v) is 4.42. The number of hydrogen-bond donors (Lipinski definition) is 1. The Balaban J connectivity index is 1.31. The van der Waals surface area contributed by atoms with Crippen LogP contribution >= 0.6 is 11.3 Å². The van der Waals surface area contributed by atoms with Crippen LogP contribution in [0.25, 0.3) is 5.69 Å². The van der Waals surface area contributed by atoms with Gasteiger partial charge in [-0.1, -0.05) is 12.1 Å². The molecule has 25 heavy (non-hydrogen) atoms. The van der Waals surface area contributed by atoms with Gasteiger partial charge >= 0.3 is 0 Å². The van der Waals surface area contributed by atoms with E-state index in [1.54, 1.807) is 17.5 Å². The average molecular weight is 351 g/mol. The molecule has 1 aliphatic rings. The maximum Gasteiger partial charge on any atom is 0.261 e. The Hall–Kier alpha value is -2.40. The number of thiophene rings is 1. The molecule has 0 bridgehead atoms. The average Bonchev–Trinajstić information content (AvgIpc) is 3.32. The third kappa shape index (κ3) is 3.66. The highest BCUT2D eigenvalue weighted by Gasteiger charge is 2.16. The molecule has 2 heterocycles. The van der Waals surface area contributed by atoms with Crippen LogP contribution in [0.15, 0.2) is 48.8 Å². The monoisotopic (exact) mass is 351 g/mol. The van der Waals surface area contributed by atoms with Gasteiger partial charge in [-0.3, -0.25) is 4.79 Å². The molecule has 4 rings (SSSR count). The second kappa shape index (κ2) is 7.23. The number of aryl methyl sites for hydroxylation is 2. The van der Waals surface area contributed by atoms with Crippen LogP contribution in [0.4, 0.5) is 0 Å². The van der Waals surface area contributed by atoms with Gasteiger partial charge in [0.2, 0.25) is 0 Å². The van der Waals surface area contributed by atoms with Crippen LogP contribution in [0.2, 0.25) is 0 Å². The quantitative estimate of drug-likeness (QED) is 0.760. The molecule has 1 N–H and O–H groups in total. The third-order valence-corrected chi connectivity index (χ3v) is 5.86. The first-order chi connectivity index (χ1) is 12.3. The first kappa shape index (κ1) is 16.1. The first-order valence-corrected chi connectivity index (χ1v) is 9.60. The summed E-state index contributed by atoms with van der Waals surface area (Å²) in [6.45, 7) is 0.655. The highest BCUT2D eigenvalue weighted by molar-refractivity contribution is 7.14. The van der Waals surface area contributed by atoms with E-state index in [1.165, 1.54) is 28.8 Å². The minimum absolute atomic E-state index is 0.0626. The number of fused-ring (bicyclic) bond motifs is 1. The fourth-order valence-electron chi connectivity index (χ4n) is 3.25. The number of nitrogens with zero attached hydrogens (tertiary/aromatic N) is 2. The normalized spacial score (nSPS) is 13.4. The number of benzene rings is 1. The Morgan fingerprint density at radius 1 is 1.20 bits per heavy atom. The zero-order valence-electron chi connectivity index (χ0n) is 14.1. The molecule has 1 aromatic carbocycles. The lowest BCUT2D eigenvalue weighted by molar-refractivity contribution is 0.0958. The van der Waals surface area contributed by atoms with Gasteiger partial charge in [-0.05, 0) is 67.5 Å². The molecule has 2 aromatic heterocycles. The van der Waals surface area contributed by atoms with Gasteiger partial charge in [0, 0.05) is 23.8 Å². The summed E-state index contributed by atoms with van der Waals surface area (Å²) >= 11 is 1.67. The summed E-state index contributed by atoms with van der Waals surface area (Å²) in [6, 6.07) is 12.3. The van der Waals surface area contributed by atoms with Crippen molar-refractivity contribution in [2.75, 3.05) is 6.54 Å². The Bertz CT molecular complexity index is 826. The Morgan fingerprint density at radius 3 is 2.80 bits per heavy atom. The van der Waals surface area contributed by atoms with Crippen molar-refractivity contribution in [1.82, 2.24) is 15.1 Å². The number of nitrogens with one attached hydrogen (secondary N) is 1. The molecule has 128 valence electrons. The summed E-state index contributed by atoms with van der Waals surface area (Å²) in [5.74, 6) is 0.0626. The van der Waals surface area contributed by atoms with E-state index in [4.69, 9.17) is 0 Å². The summed E-state index contributed by atoms with van der Waals surface area (Å²) in [5.41, 5.74) is 3.64. The molecule has 1 amide bonds. The van der Waals surface area contributed by atoms with Crippen LogP contribution in [-0.2, 0) is 19.3 Å². The lowest BCUT2D eigenvalue weighted by Crippen LogP contribution is -2.24. The standard InChI is InChI=1S/C20H21N3OS/c24-20(19-14-16-4-1-2-5-18(16)25-19)21-12-10-15-6-8-17(9-7-15)23-13-3-11-22-23/h3,6-9,11,13-14H,1-2,4-5,10,12H2,(H,21,24). The van der Waals surface area contributed by atoms with Crippen molar-refractivity contribution in [1.29, 1.82) is 0 Å². The number of rotatable bonds is 5.